The number of nitrogens with zero attached hydrogens (tertiary/aromatic N) is 1. The number of hydrogen-bond acceptors (Lipinski definition) is 4. The maximum Gasteiger partial charge on any atom is 0.243 e. The molecule has 0 bridgehead atoms. The Hall–Kier alpha value is -1.23. The summed E-state index contributed by atoms with van der Waals surface area (Å²) < 4.78 is 0. The third-order valence-corrected chi connectivity index (χ3v) is 2.76. The van der Waals surface area contributed by atoms with Crippen molar-refractivity contribution in [1.82, 2.24) is 10.2 Å². The lowest BCUT2D eigenvalue weighted by molar-refractivity contribution is -0.142. The molecule has 1 aliphatic rings. The molecule has 15 heavy (non-hydrogen) atoms. The van der Waals surface area contributed by atoms with Crippen LogP contribution in [0.3, 0.4) is 0 Å². The quantitative estimate of drug-likeness (QED) is 0.652. The van der Waals surface area contributed by atoms with Crippen LogP contribution in [0, 0.1) is 0 Å². The van der Waals surface area contributed by atoms with Gasteiger partial charge < -0.3 is 0 Å². The maximum atomic E-state index is 11.5. The number of rotatable bonds is 3. The number of amides is 2. The summed E-state index contributed by atoms with van der Waals surface area (Å²) >= 11 is 0. The fourth-order valence-electron chi connectivity index (χ4n) is 1.75. The fourth-order valence-corrected chi connectivity index (χ4v) is 1.75. The van der Waals surface area contributed by atoms with E-state index in [0.717, 1.165) is 0 Å². The number of Topliss-reactive ketones (excluding diaryl/α,β-unsaturated/α-hetero) is 1. The Morgan fingerprint density at radius 2 is 2.20 bits per heavy atom. The van der Waals surface area contributed by atoms with Crippen LogP contribution in [0.25, 0.3) is 0 Å². The van der Waals surface area contributed by atoms with Crippen molar-refractivity contribution in [2.24, 2.45) is 0 Å². The van der Waals surface area contributed by atoms with Crippen LogP contribution in [0.5, 0.6) is 0 Å². The lowest BCUT2D eigenvalue weighted by Crippen LogP contribution is -2.61. The second kappa shape index (κ2) is 4.53. The summed E-state index contributed by atoms with van der Waals surface area (Å²) in [6, 6.07) is -0.758. The molecule has 0 spiro atoms. The predicted molar refractivity (Wildman–Crippen MR) is 54.1 cm³/mol. The molecular formula is C10H16N2O3. The molecule has 5 heteroatoms. The number of imide groups is 1. The maximum absolute atomic E-state index is 11.5. The molecule has 1 rings (SSSR count). The van der Waals surface area contributed by atoms with E-state index in [0.29, 0.717) is 6.42 Å². The fraction of sp³-hybridized carbons (Fsp3) is 0.700. The van der Waals surface area contributed by atoms with Gasteiger partial charge in [0.25, 0.3) is 0 Å². The van der Waals surface area contributed by atoms with E-state index in [-0.39, 0.29) is 36.2 Å². The van der Waals surface area contributed by atoms with Gasteiger partial charge in [0.15, 0.2) is 0 Å². The first-order chi connectivity index (χ1) is 6.97. The van der Waals surface area contributed by atoms with Crippen LogP contribution in [0.15, 0.2) is 0 Å². The van der Waals surface area contributed by atoms with Gasteiger partial charge >= 0.3 is 0 Å². The first-order valence-corrected chi connectivity index (χ1v) is 5.07. The van der Waals surface area contributed by atoms with Crippen molar-refractivity contribution in [3.8, 4) is 0 Å². The Morgan fingerprint density at radius 1 is 1.60 bits per heavy atom. The molecule has 1 saturated heterocycles. The van der Waals surface area contributed by atoms with E-state index >= 15 is 0 Å². The van der Waals surface area contributed by atoms with E-state index in [1.54, 1.807) is 11.8 Å². The van der Waals surface area contributed by atoms with E-state index in [9.17, 15) is 14.4 Å². The monoisotopic (exact) mass is 212 g/mol. The van der Waals surface area contributed by atoms with Crippen LogP contribution >= 0.6 is 0 Å². The molecule has 0 aliphatic carbocycles. The number of hydrogen-bond donors (Lipinski definition) is 1. The SMILES string of the molecule is CCC1C(=O)NC(=O)CN1C(C)C(C)=O. The van der Waals surface area contributed by atoms with Gasteiger partial charge in [-0.2, -0.15) is 0 Å². The second-order valence-corrected chi connectivity index (χ2v) is 3.80. The van der Waals surface area contributed by atoms with Crippen molar-refractivity contribution in [2.45, 2.75) is 39.3 Å². The normalized spacial score (nSPS) is 24.9. The second-order valence-electron chi connectivity index (χ2n) is 3.80. The standard InChI is InChI=1S/C10H16N2O3/c1-4-8-10(15)11-9(14)5-12(8)6(2)7(3)13/h6,8H,4-5H2,1-3H3,(H,11,14,15). The molecule has 0 radical (unpaired) electrons. The van der Waals surface area contributed by atoms with E-state index in [2.05, 4.69) is 5.32 Å². The van der Waals surface area contributed by atoms with Gasteiger partial charge in [-0.15, -0.1) is 0 Å². The van der Waals surface area contributed by atoms with Gasteiger partial charge in [0.1, 0.15) is 5.78 Å². The van der Waals surface area contributed by atoms with Crippen molar-refractivity contribution in [3.63, 3.8) is 0 Å². The van der Waals surface area contributed by atoms with Crippen LogP contribution in [-0.2, 0) is 14.4 Å². The highest BCUT2D eigenvalue weighted by Gasteiger charge is 2.36. The van der Waals surface area contributed by atoms with Gasteiger partial charge in [-0.3, -0.25) is 24.6 Å². The average Bonchev–Trinajstić information content (AvgIpc) is 2.15. The van der Waals surface area contributed by atoms with Crippen LogP contribution in [0.4, 0.5) is 0 Å². The molecule has 2 amide bonds. The van der Waals surface area contributed by atoms with Crippen LogP contribution < -0.4 is 5.32 Å². The van der Waals surface area contributed by atoms with Crippen molar-refractivity contribution >= 4 is 17.6 Å². The molecule has 84 valence electrons. The summed E-state index contributed by atoms with van der Waals surface area (Å²) in [5.41, 5.74) is 0. The van der Waals surface area contributed by atoms with Crippen LogP contribution in [0.1, 0.15) is 27.2 Å². The summed E-state index contributed by atoms with van der Waals surface area (Å²) in [5.74, 6) is -0.671. The average molecular weight is 212 g/mol. The molecule has 1 N–H and O–H groups in total. The Bertz CT molecular complexity index is 301. The highest BCUT2D eigenvalue weighted by Crippen LogP contribution is 2.13. The Balaban J connectivity index is 2.87. The molecule has 0 aromatic rings. The smallest absolute Gasteiger partial charge is 0.243 e. The Labute approximate surface area is 88.8 Å². The highest BCUT2D eigenvalue weighted by molar-refractivity contribution is 6.01. The summed E-state index contributed by atoms with van der Waals surface area (Å²) in [6.07, 6.45) is 0.594. The van der Waals surface area contributed by atoms with Gasteiger partial charge in [-0.1, -0.05) is 6.92 Å². The first-order valence-electron chi connectivity index (χ1n) is 5.07. The zero-order chi connectivity index (χ0) is 11.6. The topological polar surface area (TPSA) is 66.5 Å². The first kappa shape index (κ1) is 11.8. The zero-order valence-corrected chi connectivity index (χ0v) is 9.24. The molecule has 1 aliphatic heterocycles. The minimum atomic E-state index is -0.384. The van der Waals surface area contributed by atoms with E-state index in [1.165, 1.54) is 6.92 Å². The molecule has 0 saturated carbocycles. The molecule has 2 atom stereocenters. The lowest BCUT2D eigenvalue weighted by Gasteiger charge is -2.36. The molecule has 5 nitrogen and oxygen atoms in total. The van der Waals surface area contributed by atoms with E-state index in [4.69, 9.17) is 0 Å². The van der Waals surface area contributed by atoms with Gasteiger partial charge in [-0.25, -0.2) is 0 Å². The molecular weight excluding hydrogens is 196 g/mol. The zero-order valence-electron chi connectivity index (χ0n) is 9.24. The summed E-state index contributed by atoms with van der Waals surface area (Å²) in [6.45, 7) is 5.16. The minimum absolute atomic E-state index is 0.0315. The largest absolute Gasteiger partial charge is 0.298 e. The number of piperazine rings is 1. The summed E-state index contributed by atoms with van der Waals surface area (Å²) in [5, 5.41) is 2.27. The molecule has 0 aromatic heterocycles. The van der Waals surface area contributed by atoms with Crippen LogP contribution in [-0.4, -0.2) is 41.1 Å². The van der Waals surface area contributed by atoms with Crippen molar-refractivity contribution in [1.29, 1.82) is 0 Å². The highest BCUT2D eigenvalue weighted by atomic mass is 16.2. The van der Waals surface area contributed by atoms with Gasteiger partial charge in [0.05, 0.1) is 18.6 Å². The minimum Gasteiger partial charge on any atom is -0.298 e. The summed E-state index contributed by atoms with van der Waals surface area (Å²) in [4.78, 5) is 35.6. The Kier molecular flexibility index (Phi) is 3.57. The molecule has 2 unspecified atom stereocenters. The van der Waals surface area contributed by atoms with E-state index in [1.807, 2.05) is 6.92 Å². The van der Waals surface area contributed by atoms with E-state index < -0.39 is 0 Å². The Morgan fingerprint density at radius 3 is 2.67 bits per heavy atom. The van der Waals surface area contributed by atoms with Gasteiger partial charge in [0.2, 0.25) is 11.8 Å². The molecule has 0 aromatic carbocycles. The number of carbonyl (C=O) groups excluding carboxylic acids is 3. The van der Waals surface area contributed by atoms with Crippen molar-refractivity contribution < 1.29 is 14.4 Å². The van der Waals surface area contributed by atoms with Gasteiger partial charge in [0, 0.05) is 0 Å². The molecule has 1 fully saturated rings. The van der Waals surface area contributed by atoms with Crippen molar-refractivity contribution in [3.05, 3.63) is 0 Å². The van der Waals surface area contributed by atoms with Crippen molar-refractivity contribution in [2.75, 3.05) is 6.54 Å². The van der Waals surface area contributed by atoms with Crippen LogP contribution in [0.2, 0.25) is 0 Å². The third kappa shape index (κ3) is 2.41. The third-order valence-electron chi connectivity index (χ3n) is 2.76. The number of nitrogens with one attached hydrogen (secondary N) is 1. The predicted octanol–water partition coefficient (Wildman–Crippen LogP) is -0.299. The van der Waals surface area contributed by atoms with Gasteiger partial charge in [-0.05, 0) is 20.3 Å². The number of ketones is 1. The summed E-state index contributed by atoms with van der Waals surface area (Å²) in [7, 11) is 0. The number of carbonyl (C=O) groups is 3. The lowest BCUT2D eigenvalue weighted by atomic mass is 10.1. The molecule has 1 heterocycles.